The summed E-state index contributed by atoms with van der Waals surface area (Å²) in [5, 5.41) is 44.2. The van der Waals surface area contributed by atoms with Crippen molar-refractivity contribution in [2.45, 2.75) is 97.1 Å². The second-order valence-electron chi connectivity index (χ2n) is 14.1. The summed E-state index contributed by atoms with van der Waals surface area (Å²) in [5.41, 5.74) is 0. The van der Waals surface area contributed by atoms with Crippen LogP contribution in [0.25, 0.3) is 0 Å². The molecule has 0 spiro atoms. The molecule has 0 aliphatic carbocycles. The van der Waals surface area contributed by atoms with Gasteiger partial charge in [0.25, 0.3) is 17.7 Å². The molecule has 0 radical (unpaired) electrons. The summed E-state index contributed by atoms with van der Waals surface area (Å²) < 4.78 is 13.3. The number of nitrogens with one attached hydrogen (secondary N) is 6. The molecule has 0 aromatic carbocycles. The van der Waals surface area contributed by atoms with Crippen molar-refractivity contribution in [1.29, 1.82) is 0 Å². The molecule has 0 aliphatic heterocycles. The molecule has 0 fully saturated rings. The number of amides is 9. The van der Waals surface area contributed by atoms with Crippen LogP contribution in [0.5, 0.6) is 0 Å². The van der Waals surface area contributed by atoms with Crippen LogP contribution in [0.3, 0.4) is 0 Å². The number of ether oxygens (including phenoxy) is 3. The summed E-state index contributed by atoms with van der Waals surface area (Å²) in [5.74, 6) is -10.7. The van der Waals surface area contributed by atoms with Crippen LogP contribution in [0.1, 0.15) is 60.8 Å². The Kier molecular flexibility index (Phi) is 26.0. The summed E-state index contributed by atoms with van der Waals surface area (Å²) in [6, 6.07) is -8.03. The lowest BCUT2D eigenvalue weighted by Gasteiger charge is -2.25. The topological polar surface area (TPSA) is 378 Å². The summed E-state index contributed by atoms with van der Waals surface area (Å²) in [4.78, 5) is 150. The highest BCUT2D eigenvalue weighted by Gasteiger charge is 2.29. The van der Waals surface area contributed by atoms with Gasteiger partial charge in [0.15, 0.2) is 0 Å². The van der Waals surface area contributed by atoms with Gasteiger partial charge >= 0.3 is 17.9 Å². The van der Waals surface area contributed by atoms with Gasteiger partial charge in [-0.3, -0.25) is 78.1 Å². The normalized spacial score (nSPS) is 13.5. The van der Waals surface area contributed by atoms with Crippen molar-refractivity contribution in [2.24, 2.45) is 0 Å². The van der Waals surface area contributed by atoms with Gasteiger partial charge in [0.05, 0.1) is 79.9 Å². The highest BCUT2D eigenvalue weighted by molar-refractivity contribution is 5.95. The van der Waals surface area contributed by atoms with Gasteiger partial charge in [0.1, 0.15) is 36.3 Å². The van der Waals surface area contributed by atoms with Crippen LogP contribution in [-0.2, 0) is 71.7 Å². The van der Waals surface area contributed by atoms with E-state index in [4.69, 9.17) is 0 Å². The first kappa shape index (κ1) is 57.5. The fourth-order valence-corrected chi connectivity index (χ4v) is 4.93. The van der Waals surface area contributed by atoms with Crippen molar-refractivity contribution in [1.82, 2.24) is 52.0 Å². The van der Waals surface area contributed by atoms with Crippen LogP contribution < -0.4 is 31.9 Å². The molecule has 0 saturated heterocycles. The highest BCUT2D eigenvalue weighted by atomic mass is 16.5. The van der Waals surface area contributed by atoms with Crippen LogP contribution >= 0.6 is 0 Å². The third kappa shape index (κ3) is 22.0. The van der Waals surface area contributed by atoms with Gasteiger partial charge in [-0.05, 0) is 41.5 Å². The molecule has 28 heteroatoms. The molecular formula is C36H60N10O18. The summed E-state index contributed by atoms with van der Waals surface area (Å²) in [6.07, 6.45) is -1.02. The van der Waals surface area contributed by atoms with Gasteiger partial charge in [-0.1, -0.05) is 0 Å². The van der Waals surface area contributed by atoms with E-state index in [2.05, 4.69) is 46.1 Å². The molecule has 0 bridgehead atoms. The van der Waals surface area contributed by atoms with Crippen molar-refractivity contribution in [3.63, 3.8) is 0 Å². The molecule has 0 unspecified atom stereocenters. The van der Waals surface area contributed by atoms with Crippen LogP contribution in [0.15, 0.2) is 0 Å². The van der Waals surface area contributed by atoms with E-state index in [0.29, 0.717) is 0 Å². The van der Waals surface area contributed by atoms with Crippen LogP contribution in [0, 0.1) is 0 Å². The molecule has 0 heterocycles. The number of hydrogen-bond acceptors (Lipinski definition) is 19. The average Bonchev–Trinajstić information content (AvgIpc) is 3.24. The van der Waals surface area contributed by atoms with Crippen molar-refractivity contribution >= 4 is 71.1 Å². The number of hydroxylamine groups is 6. The smallest absolute Gasteiger partial charge is 0.307 e. The lowest BCUT2D eigenvalue weighted by molar-refractivity contribution is -0.170. The van der Waals surface area contributed by atoms with E-state index >= 15 is 0 Å². The lowest BCUT2D eigenvalue weighted by atomic mass is 10.2. The van der Waals surface area contributed by atoms with E-state index in [0.717, 1.165) is 26.2 Å². The summed E-state index contributed by atoms with van der Waals surface area (Å²) in [6.45, 7) is 3.73. The minimum Gasteiger partial charge on any atom is -0.469 e. The summed E-state index contributed by atoms with van der Waals surface area (Å²) >= 11 is 0. The van der Waals surface area contributed by atoms with Crippen LogP contribution in [0.2, 0.25) is 0 Å². The predicted octanol–water partition coefficient (Wildman–Crippen LogP) is -5.34. The quantitative estimate of drug-likeness (QED) is 0.0161. The number of esters is 3. The standard InChI is InChI=1S/C36H60N10O18/c1-19(31(53)40-22(4)34(56)44(59)13-10-28(50)62-7)37-25(47)16-43(17-26(48)38-20(2)32(54)41-23(5)35(57)45(60)14-11-29(51)63-8)18-27(49)39-21(3)33(55)42-24(6)36(58)46(61)15-12-30(52)64-9/h19-24,59-61H,10-18H2,1-9H3,(H,37,47)(H,38,48)(H,39,49)(H,40,53)(H,41,54)(H,42,55)/t19-,20-,21-,22-,23-,24-/m0/s1. The molecule has 0 aliphatic rings. The van der Waals surface area contributed by atoms with Gasteiger partial charge < -0.3 is 46.1 Å². The van der Waals surface area contributed by atoms with E-state index in [1.54, 1.807) is 0 Å². The number of rotatable bonds is 27. The third-order valence-corrected chi connectivity index (χ3v) is 8.63. The first-order valence-electron chi connectivity index (χ1n) is 19.5. The maximum absolute atomic E-state index is 13.1. The molecule has 0 aromatic rings. The highest BCUT2D eigenvalue weighted by Crippen LogP contribution is 2.01. The average molecular weight is 921 g/mol. The SMILES string of the molecule is COC(=O)CCN(O)C(=O)[C@H](C)NC(=O)[C@H](C)NC(=O)CN(CC(=O)N[C@@H](C)C(=O)N[C@@H](C)C(=O)N(O)CCC(=O)OC)CC(=O)N[C@@H](C)C(=O)N[C@@H](C)C(=O)N(O)CCC(=O)OC. The first-order valence-corrected chi connectivity index (χ1v) is 19.5. The lowest BCUT2D eigenvalue weighted by Crippen LogP contribution is -2.56. The van der Waals surface area contributed by atoms with Crippen molar-refractivity contribution in [2.75, 3.05) is 60.6 Å². The minimum atomic E-state index is -1.35. The second-order valence-corrected chi connectivity index (χ2v) is 14.1. The molecule has 0 rings (SSSR count). The monoisotopic (exact) mass is 920 g/mol. The number of hydrogen-bond donors (Lipinski definition) is 9. The van der Waals surface area contributed by atoms with Gasteiger partial charge in [-0.25, -0.2) is 15.2 Å². The summed E-state index contributed by atoms with van der Waals surface area (Å²) in [7, 11) is 3.33. The third-order valence-electron chi connectivity index (χ3n) is 8.63. The Balaban J connectivity index is 5.84. The Morgan fingerprint density at radius 2 is 0.609 bits per heavy atom. The minimum absolute atomic E-state index is 0.200. The molecular weight excluding hydrogens is 860 g/mol. The molecule has 28 nitrogen and oxygen atoms in total. The largest absolute Gasteiger partial charge is 0.469 e. The Hall–Kier alpha value is -6.52. The Morgan fingerprint density at radius 3 is 0.812 bits per heavy atom. The van der Waals surface area contributed by atoms with E-state index in [1.807, 2.05) is 0 Å². The number of nitrogens with zero attached hydrogens (tertiary/aromatic N) is 4. The van der Waals surface area contributed by atoms with E-state index in [1.165, 1.54) is 41.5 Å². The Morgan fingerprint density at radius 1 is 0.391 bits per heavy atom. The second kappa shape index (κ2) is 29.0. The van der Waals surface area contributed by atoms with Crippen molar-refractivity contribution in [3.05, 3.63) is 0 Å². The molecule has 362 valence electrons. The molecule has 64 heavy (non-hydrogen) atoms. The van der Waals surface area contributed by atoms with Gasteiger partial charge in [0.2, 0.25) is 35.4 Å². The van der Waals surface area contributed by atoms with Gasteiger partial charge in [-0.15, -0.1) is 0 Å². The number of methoxy groups -OCH3 is 3. The zero-order chi connectivity index (χ0) is 49.4. The van der Waals surface area contributed by atoms with Crippen LogP contribution in [0.4, 0.5) is 0 Å². The molecule has 0 aromatic heterocycles. The van der Waals surface area contributed by atoms with Gasteiger partial charge in [-0.2, -0.15) is 0 Å². The van der Waals surface area contributed by atoms with E-state index in [9.17, 15) is 73.2 Å². The molecule has 9 amide bonds. The first-order chi connectivity index (χ1) is 29.8. The fourth-order valence-electron chi connectivity index (χ4n) is 4.93. The van der Waals surface area contributed by atoms with E-state index < -0.39 is 147 Å². The number of carbonyl (C=O) groups excluding carboxylic acids is 12. The Labute approximate surface area is 367 Å². The number of carbonyl (C=O) groups is 12. The fraction of sp³-hybridized carbons (Fsp3) is 0.667. The molecule has 0 saturated carbocycles. The Bertz CT molecular complexity index is 1510. The zero-order valence-corrected chi connectivity index (χ0v) is 37.1. The predicted molar refractivity (Wildman–Crippen MR) is 212 cm³/mol. The zero-order valence-electron chi connectivity index (χ0n) is 37.1. The van der Waals surface area contributed by atoms with Gasteiger partial charge in [0, 0.05) is 0 Å². The van der Waals surface area contributed by atoms with Crippen molar-refractivity contribution < 1.29 is 87.4 Å². The van der Waals surface area contributed by atoms with Crippen molar-refractivity contribution in [3.8, 4) is 0 Å². The van der Waals surface area contributed by atoms with E-state index in [-0.39, 0.29) is 34.5 Å². The molecule has 9 N–H and O–H groups in total. The maximum Gasteiger partial charge on any atom is 0.307 e. The maximum atomic E-state index is 13.1. The van der Waals surface area contributed by atoms with Crippen LogP contribution in [-0.4, -0.2) is 204 Å². The molecule has 6 atom stereocenters.